The summed E-state index contributed by atoms with van der Waals surface area (Å²) in [6, 6.07) is 25.6. The predicted molar refractivity (Wildman–Crippen MR) is 132 cm³/mol. The van der Waals surface area contributed by atoms with E-state index in [9.17, 15) is 4.79 Å². The molecule has 0 radical (unpaired) electrons. The van der Waals surface area contributed by atoms with Gasteiger partial charge in [-0.3, -0.25) is 9.36 Å². The van der Waals surface area contributed by atoms with Crippen molar-refractivity contribution in [3.8, 4) is 22.8 Å². The summed E-state index contributed by atoms with van der Waals surface area (Å²) in [5.41, 5.74) is 3.99. The van der Waals surface area contributed by atoms with Crippen LogP contribution in [0, 0.1) is 0 Å². The standard InChI is InChI=1S/C26H21BrN4O/c1-17(2)18-10-14-22(15-11-18)31-25(19-8-12-20(27)13-9-19)28-24-23(26(31)32)16-30(29-24)21-6-4-3-5-7-21/h3-17H,1-2H3. The van der Waals surface area contributed by atoms with Gasteiger partial charge in [-0.05, 0) is 47.9 Å². The van der Waals surface area contributed by atoms with E-state index in [-0.39, 0.29) is 5.56 Å². The molecule has 0 aliphatic carbocycles. The van der Waals surface area contributed by atoms with Crippen LogP contribution in [0.4, 0.5) is 0 Å². The fourth-order valence-electron chi connectivity index (χ4n) is 3.72. The summed E-state index contributed by atoms with van der Waals surface area (Å²) in [5.74, 6) is 0.974. The molecule has 0 aliphatic heterocycles. The first kappa shape index (κ1) is 20.4. The summed E-state index contributed by atoms with van der Waals surface area (Å²) in [5, 5.41) is 5.08. The van der Waals surface area contributed by atoms with Crippen molar-refractivity contribution >= 4 is 27.0 Å². The molecule has 158 valence electrons. The third-order valence-electron chi connectivity index (χ3n) is 5.49. The second-order valence-corrected chi connectivity index (χ2v) is 8.89. The second-order valence-electron chi connectivity index (χ2n) is 7.98. The molecule has 0 fully saturated rings. The van der Waals surface area contributed by atoms with E-state index in [4.69, 9.17) is 4.98 Å². The van der Waals surface area contributed by atoms with Crippen molar-refractivity contribution in [1.29, 1.82) is 0 Å². The molecule has 0 unspecified atom stereocenters. The Kier molecular flexibility index (Phi) is 5.23. The Morgan fingerprint density at radius 2 is 1.53 bits per heavy atom. The predicted octanol–water partition coefficient (Wildman–Crippen LogP) is 6.12. The molecule has 5 nitrogen and oxygen atoms in total. The van der Waals surface area contributed by atoms with Gasteiger partial charge >= 0.3 is 0 Å². The number of para-hydroxylation sites is 1. The normalized spacial score (nSPS) is 11.4. The minimum atomic E-state index is -0.146. The molecule has 32 heavy (non-hydrogen) atoms. The molecule has 5 rings (SSSR count). The Labute approximate surface area is 194 Å². The van der Waals surface area contributed by atoms with Crippen LogP contribution < -0.4 is 5.56 Å². The highest BCUT2D eigenvalue weighted by Gasteiger charge is 2.18. The monoisotopic (exact) mass is 484 g/mol. The Hall–Kier alpha value is -3.51. The molecule has 0 N–H and O–H groups in total. The van der Waals surface area contributed by atoms with Gasteiger partial charge in [0.2, 0.25) is 0 Å². The minimum Gasteiger partial charge on any atom is -0.268 e. The number of benzene rings is 3. The molecule has 3 aromatic carbocycles. The molecule has 2 aromatic heterocycles. The van der Waals surface area contributed by atoms with Gasteiger partial charge in [-0.1, -0.05) is 72.2 Å². The van der Waals surface area contributed by atoms with Gasteiger partial charge in [-0.15, -0.1) is 5.10 Å². The highest BCUT2D eigenvalue weighted by atomic mass is 79.9. The van der Waals surface area contributed by atoms with Crippen LogP contribution in [0.1, 0.15) is 25.3 Å². The molecule has 0 amide bonds. The van der Waals surface area contributed by atoms with Gasteiger partial charge in [0.25, 0.3) is 5.56 Å². The highest BCUT2D eigenvalue weighted by molar-refractivity contribution is 9.10. The van der Waals surface area contributed by atoms with E-state index in [1.165, 1.54) is 5.56 Å². The van der Waals surface area contributed by atoms with E-state index in [2.05, 4.69) is 47.0 Å². The van der Waals surface area contributed by atoms with Gasteiger partial charge < -0.3 is 0 Å². The van der Waals surface area contributed by atoms with Crippen LogP contribution in [0.15, 0.2) is 94.3 Å². The first-order valence-electron chi connectivity index (χ1n) is 10.5. The van der Waals surface area contributed by atoms with Crippen LogP contribution in [0.2, 0.25) is 0 Å². The Morgan fingerprint density at radius 1 is 0.844 bits per heavy atom. The van der Waals surface area contributed by atoms with E-state index in [1.54, 1.807) is 15.4 Å². The van der Waals surface area contributed by atoms with Crippen LogP contribution in [0.3, 0.4) is 0 Å². The third-order valence-corrected chi connectivity index (χ3v) is 6.02. The van der Waals surface area contributed by atoms with Crippen LogP contribution in [0.5, 0.6) is 0 Å². The first-order valence-corrected chi connectivity index (χ1v) is 11.2. The number of hydrogen-bond donors (Lipinski definition) is 0. The van der Waals surface area contributed by atoms with Crippen molar-refractivity contribution in [1.82, 2.24) is 19.3 Å². The van der Waals surface area contributed by atoms with Gasteiger partial charge in [0.05, 0.1) is 11.4 Å². The fraction of sp³-hybridized carbons (Fsp3) is 0.115. The van der Waals surface area contributed by atoms with Crippen LogP contribution in [-0.2, 0) is 0 Å². The molecule has 6 heteroatoms. The maximum atomic E-state index is 13.7. The lowest BCUT2D eigenvalue weighted by Crippen LogP contribution is -2.21. The van der Waals surface area contributed by atoms with Gasteiger partial charge in [0.1, 0.15) is 11.2 Å². The Morgan fingerprint density at radius 3 is 2.19 bits per heavy atom. The average molecular weight is 485 g/mol. The summed E-state index contributed by atoms with van der Waals surface area (Å²) in [4.78, 5) is 18.5. The van der Waals surface area contributed by atoms with Crippen molar-refractivity contribution in [2.24, 2.45) is 0 Å². The fourth-order valence-corrected chi connectivity index (χ4v) is 3.98. The van der Waals surface area contributed by atoms with Gasteiger partial charge in [-0.2, -0.15) is 0 Å². The zero-order valence-corrected chi connectivity index (χ0v) is 19.3. The topological polar surface area (TPSA) is 52.7 Å². The number of halogens is 1. The number of hydrogen-bond acceptors (Lipinski definition) is 3. The highest BCUT2D eigenvalue weighted by Crippen LogP contribution is 2.25. The lowest BCUT2D eigenvalue weighted by atomic mass is 10.0. The van der Waals surface area contributed by atoms with Crippen LogP contribution in [0.25, 0.3) is 33.8 Å². The Bertz CT molecular complexity index is 1450. The number of aromatic nitrogens is 4. The second kappa shape index (κ2) is 8.20. The SMILES string of the molecule is CC(C)c1ccc(-n2c(-c3ccc(Br)cc3)nc3nn(-c4ccccc4)cc3c2=O)cc1. The maximum Gasteiger partial charge on any atom is 0.269 e. The molecule has 0 spiro atoms. The molecular formula is C26H21BrN4O. The molecule has 0 bridgehead atoms. The van der Waals surface area contributed by atoms with E-state index in [0.717, 1.165) is 21.4 Å². The third kappa shape index (κ3) is 3.67. The van der Waals surface area contributed by atoms with Gasteiger partial charge in [0.15, 0.2) is 5.65 Å². The quantitative estimate of drug-likeness (QED) is 0.308. The summed E-state index contributed by atoms with van der Waals surface area (Å²) in [6.45, 7) is 4.31. The molecule has 0 atom stereocenters. The zero-order valence-electron chi connectivity index (χ0n) is 17.7. The van der Waals surface area contributed by atoms with Crippen molar-refractivity contribution in [2.75, 3.05) is 0 Å². The van der Waals surface area contributed by atoms with E-state index in [1.807, 2.05) is 66.7 Å². The van der Waals surface area contributed by atoms with Crippen LogP contribution >= 0.6 is 15.9 Å². The molecule has 0 aliphatic rings. The van der Waals surface area contributed by atoms with E-state index < -0.39 is 0 Å². The average Bonchev–Trinajstić information content (AvgIpc) is 3.25. The summed E-state index contributed by atoms with van der Waals surface area (Å²) in [6.07, 6.45) is 1.75. The van der Waals surface area contributed by atoms with Gasteiger partial charge in [-0.25, -0.2) is 9.67 Å². The van der Waals surface area contributed by atoms with Crippen molar-refractivity contribution < 1.29 is 0 Å². The van der Waals surface area contributed by atoms with Crippen molar-refractivity contribution in [2.45, 2.75) is 19.8 Å². The maximum absolute atomic E-state index is 13.7. The van der Waals surface area contributed by atoms with Crippen molar-refractivity contribution in [3.05, 3.63) is 105 Å². The van der Waals surface area contributed by atoms with E-state index in [0.29, 0.717) is 22.8 Å². The van der Waals surface area contributed by atoms with Crippen molar-refractivity contribution in [3.63, 3.8) is 0 Å². The lowest BCUT2D eigenvalue weighted by Gasteiger charge is -2.14. The molecule has 0 saturated carbocycles. The molecule has 5 aromatic rings. The summed E-state index contributed by atoms with van der Waals surface area (Å²) >= 11 is 3.48. The number of fused-ring (bicyclic) bond motifs is 1. The Balaban J connectivity index is 1.77. The molecule has 0 saturated heterocycles. The smallest absolute Gasteiger partial charge is 0.268 e. The lowest BCUT2D eigenvalue weighted by molar-refractivity contribution is 0.863. The number of rotatable bonds is 4. The van der Waals surface area contributed by atoms with E-state index >= 15 is 0 Å². The zero-order chi connectivity index (χ0) is 22.2. The largest absolute Gasteiger partial charge is 0.269 e. The first-order chi connectivity index (χ1) is 15.5. The van der Waals surface area contributed by atoms with Gasteiger partial charge in [0, 0.05) is 16.2 Å². The molecular weight excluding hydrogens is 464 g/mol. The molecule has 2 heterocycles. The summed E-state index contributed by atoms with van der Waals surface area (Å²) < 4.78 is 4.34. The minimum absolute atomic E-state index is 0.146. The van der Waals surface area contributed by atoms with Crippen LogP contribution in [-0.4, -0.2) is 19.3 Å². The number of nitrogens with zero attached hydrogens (tertiary/aromatic N) is 4. The summed E-state index contributed by atoms with van der Waals surface area (Å²) in [7, 11) is 0.